The van der Waals surface area contributed by atoms with Crippen LogP contribution in [0.4, 0.5) is 4.39 Å². The number of hydrogen-bond acceptors (Lipinski definition) is 4. The maximum atomic E-state index is 13.7. The van der Waals surface area contributed by atoms with Crippen molar-refractivity contribution in [3.8, 4) is 0 Å². The van der Waals surface area contributed by atoms with Gasteiger partial charge in [0.15, 0.2) is 0 Å². The zero-order valence-electron chi connectivity index (χ0n) is 22.6. The van der Waals surface area contributed by atoms with E-state index in [4.69, 9.17) is 4.98 Å². The van der Waals surface area contributed by atoms with Crippen molar-refractivity contribution in [2.45, 2.75) is 56.3 Å². The van der Waals surface area contributed by atoms with Gasteiger partial charge in [-0.3, -0.25) is 10.3 Å². The molecule has 7 heteroatoms. The van der Waals surface area contributed by atoms with Crippen LogP contribution in [0.1, 0.15) is 60.8 Å². The number of amidine groups is 1. The smallest absolute Gasteiger partial charge is 0.282 e. The predicted octanol–water partition coefficient (Wildman–Crippen LogP) is 5.23. The number of nitrogens with zero attached hydrogens (tertiary/aromatic N) is 3. The number of benzene rings is 2. The normalized spacial score (nSPS) is 26.1. The van der Waals surface area contributed by atoms with Gasteiger partial charge in [-0.2, -0.15) is 5.43 Å². The Morgan fingerprint density at radius 2 is 1.74 bits per heavy atom. The predicted molar refractivity (Wildman–Crippen MR) is 152 cm³/mol. The molecule has 3 N–H and O–H groups in total. The van der Waals surface area contributed by atoms with E-state index in [9.17, 15) is 4.39 Å². The van der Waals surface area contributed by atoms with E-state index < -0.39 is 5.54 Å². The highest BCUT2D eigenvalue weighted by Gasteiger charge is 2.53. The quantitative estimate of drug-likeness (QED) is 0.321. The third-order valence-corrected chi connectivity index (χ3v) is 9.21. The fraction of sp³-hybridized carbons (Fsp3) is 0.375. The highest BCUT2D eigenvalue weighted by molar-refractivity contribution is 5.89. The average Bonchev–Trinajstić information content (AvgIpc) is 3.50. The lowest BCUT2D eigenvalue weighted by Gasteiger charge is -2.47. The minimum atomic E-state index is -0.430. The molecule has 6 nitrogen and oxygen atoms in total. The number of hydrazine groups is 1. The van der Waals surface area contributed by atoms with Crippen LogP contribution in [0.5, 0.6) is 0 Å². The van der Waals surface area contributed by atoms with Crippen molar-refractivity contribution in [3.63, 3.8) is 0 Å². The molecule has 3 aliphatic rings. The molecule has 0 amide bonds. The van der Waals surface area contributed by atoms with Gasteiger partial charge in [-0.25, -0.2) is 8.97 Å². The van der Waals surface area contributed by atoms with E-state index in [-0.39, 0.29) is 18.0 Å². The Bertz CT molecular complexity index is 1520. The minimum absolute atomic E-state index is 0.0364. The molecule has 4 heterocycles. The number of pyridine rings is 1. The van der Waals surface area contributed by atoms with E-state index in [1.54, 1.807) is 12.1 Å². The van der Waals surface area contributed by atoms with Gasteiger partial charge in [0.05, 0.1) is 12.7 Å². The molecular weight excluding hydrogens is 487 g/mol. The van der Waals surface area contributed by atoms with Gasteiger partial charge in [-0.05, 0) is 54.7 Å². The van der Waals surface area contributed by atoms with E-state index >= 15 is 0 Å². The van der Waals surface area contributed by atoms with Crippen LogP contribution in [0.2, 0.25) is 0 Å². The first-order chi connectivity index (χ1) is 19.1. The van der Waals surface area contributed by atoms with Gasteiger partial charge in [-0.15, -0.1) is 5.01 Å². The van der Waals surface area contributed by atoms with Crippen molar-refractivity contribution in [3.05, 3.63) is 101 Å². The zero-order chi connectivity index (χ0) is 26.6. The van der Waals surface area contributed by atoms with Crippen LogP contribution < -0.4 is 10.7 Å². The Morgan fingerprint density at radius 3 is 2.51 bits per heavy atom. The molecule has 3 unspecified atom stereocenters. The fourth-order valence-corrected chi connectivity index (χ4v) is 7.50. The summed E-state index contributed by atoms with van der Waals surface area (Å²) in [5, 5.41) is 7.64. The molecule has 3 atom stereocenters. The van der Waals surface area contributed by atoms with Crippen LogP contribution in [0, 0.1) is 11.7 Å². The summed E-state index contributed by atoms with van der Waals surface area (Å²) in [7, 11) is 4.19. The maximum absolute atomic E-state index is 13.7. The van der Waals surface area contributed by atoms with Crippen molar-refractivity contribution < 1.29 is 8.97 Å². The lowest BCUT2D eigenvalue weighted by molar-refractivity contribution is -0.558. The van der Waals surface area contributed by atoms with Crippen molar-refractivity contribution in [1.29, 1.82) is 0 Å². The van der Waals surface area contributed by atoms with Gasteiger partial charge < -0.3 is 4.98 Å². The summed E-state index contributed by atoms with van der Waals surface area (Å²) in [5.74, 6) is 1.33. The summed E-state index contributed by atoms with van der Waals surface area (Å²) in [6.07, 6.45) is 8.87. The average molecular weight is 524 g/mol. The highest BCUT2D eigenvalue weighted by Crippen LogP contribution is 2.48. The fourth-order valence-electron chi connectivity index (χ4n) is 7.50. The second-order valence-electron chi connectivity index (χ2n) is 11.4. The van der Waals surface area contributed by atoms with E-state index in [1.807, 2.05) is 24.4 Å². The van der Waals surface area contributed by atoms with Gasteiger partial charge >= 0.3 is 0 Å². The Kier molecular flexibility index (Phi) is 6.01. The molecule has 2 aromatic carbocycles. The molecular formula is C32H36FN6+. The van der Waals surface area contributed by atoms with Crippen molar-refractivity contribution in [2.75, 3.05) is 14.1 Å². The molecule has 0 radical (unpaired) electrons. The molecule has 200 valence electrons. The van der Waals surface area contributed by atoms with Crippen molar-refractivity contribution in [2.24, 2.45) is 5.92 Å². The van der Waals surface area contributed by atoms with E-state index in [1.165, 1.54) is 54.3 Å². The summed E-state index contributed by atoms with van der Waals surface area (Å²) < 4.78 is 16.0. The number of aromatic amines is 1. The summed E-state index contributed by atoms with van der Waals surface area (Å²) in [6, 6.07) is 21.9. The maximum Gasteiger partial charge on any atom is 0.282 e. The molecule has 39 heavy (non-hydrogen) atoms. The van der Waals surface area contributed by atoms with Crippen LogP contribution >= 0.6 is 0 Å². The minimum Gasteiger partial charge on any atom is -0.356 e. The Balaban J connectivity index is 1.41. The van der Waals surface area contributed by atoms with Gasteiger partial charge in [0.25, 0.3) is 5.84 Å². The first-order valence-electron chi connectivity index (χ1n) is 14.2. The van der Waals surface area contributed by atoms with Crippen LogP contribution in [-0.4, -0.2) is 45.5 Å². The molecule has 1 aliphatic carbocycles. The number of halogens is 1. The van der Waals surface area contributed by atoms with Gasteiger partial charge in [0.1, 0.15) is 17.4 Å². The number of nitrogens with one attached hydrogen (secondary N) is 3. The molecule has 2 aliphatic heterocycles. The number of hydrogen-bond donors (Lipinski definition) is 3. The van der Waals surface area contributed by atoms with Crippen LogP contribution in [0.15, 0.2) is 72.9 Å². The zero-order valence-corrected chi connectivity index (χ0v) is 22.6. The molecule has 1 fully saturated rings. The number of aromatic nitrogens is 2. The van der Waals surface area contributed by atoms with E-state index in [0.717, 1.165) is 23.5 Å². The largest absolute Gasteiger partial charge is 0.356 e. The molecule has 0 spiro atoms. The standard InChI is InChI=1S/C32H35FN6/c1-38-30(37-39(2)31(38)21-15-17-23(33)18-16-21)27-20-25-24-12-6-7-13-26(24)35-29(25)32(36-27,22-10-4-3-5-11-22)28-14-8-9-19-34-28/h6-9,12-19,22,27,31,35-36H,3-5,10-11,20H2,1-2H3/p+1. The summed E-state index contributed by atoms with van der Waals surface area (Å²) in [5.41, 5.74) is 9.22. The van der Waals surface area contributed by atoms with Crippen molar-refractivity contribution in [1.82, 2.24) is 25.7 Å². The number of rotatable bonds is 4. The third kappa shape index (κ3) is 3.90. The second-order valence-corrected chi connectivity index (χ2v) is 11.4. The Labute approximate surface area is 228 Å². The number of para-hydroxylation sites is 1. The monoisotopic (exact) mass is 523 g/mol. The SMILES string of the molecule is CN1NC(C2Cc3c([nH]c4ccccc34)C(c3ccccn3)(C3CCCCC3)N2)=[N+](C)C1c1ccc(F)cc1. The van der Waals surface area contributed by atoms with E-state index in [0.29, 0.717) is 5.92 Å². The lowest BCUT2D eigenvalue weighted by atomic mass is 9.67. The second kappa shape index (κ2) is 9.57. The highest BCUT2D eigenvalue weighted by atomic mass is 19.1. The Hall–Kier alpha value is -3.55. The molecule has 7 rings (SSSR count). The number of fused-ring (bicyclic) bond motifs is 3. The van der Waals surface area contributed by atoms with Gasteiger partial charge in [-0.1, -0.05) is 55.7 Å². The first kappa shape index (κ1) is 24.5. The van der Waals surface area contributed by atoms with Gasteiger partial charge in [0, 0.05) is 41.8 Å². The summed E-state index contributed by atoms with van der Waals surface area (Å²) in [6.45, 7) is 0. The molecule has 4 aromatic rings. The summed E-state index contributed by atoms with van der Waals surface area (Å²) >= 11 is 0. The Morgan fingerprint density at radius 1 is 0.974 bits per heavy atom. The van der Waals surface area contributed by atoms with Crippen LogP contribution in [-0.2, 0) is 12.0 Å². The van der Waals surface area contributed by atoms with Gasteiger partial charge in [0.2, 0.25) is 6.17 Å². The van der Waals surface area contributed by atoms with E-state index in [2.05, 4.69) is 75.8 Å². The molecule has 0 saturated heterocycles. The lowest BCUT2D eigenvalue weighted by Crippen LogP contribution is -2.62. The first-order valence-corrected chi connectivity index (χ1v) is 14.2. The molecule has 0 bridgehead atoms. The molecule has 2 aromatic heterocycles. The van der Waals surface area contributed by atoms with Crippen molar-refractivity contribution >= 4 is 16.7 Å². The topological polar surface area (TPSA) is 59.0 Å². The third-order valence-electron chi connectivity index (χ3n) is 9.21. The molecule has 1 saturated carbocycles. The van der Waals surface area contributed by atoms with Crippen LogP contribution in [0.3, 0.4) is 0 Å². The van der Waals surface area contributed by atoms with Crippen LogP contribution in [0.25, 0.3) is 10.9 Å². The summed E-state index contributed by atoms with van der Waals surface area (Å²) in [4.78, 5) is 8.90. The number of H-pyrrole nitrogens is 1.